The number of rotatable bonds is 5. The second-order valence-electron chi connectivity index (χ2n) is 5.60. The minimum absolute atomic E-state index is 0.0392. The third-order valence-corrected chi connectivity index (χ3v) is 3.72. The minimum Gasteiger partial charge on any atom is -0.376 e. The van der Waals surface area contributed by atoms with Gasteiger partial charge in [-0.25, -0.2) is 0 Å². The van der Waals surface area contributed by atoms with Crippen LogP contribution in [0.1, 0.15) is 26.2 Å². The van der Waals surface area contributed by atoms with Crippen LogP contribution in [0, 0.1) is 0 Å². The summed E-state index contributed by atoms with van der Waals surface area (Å²) >= 11 is 0. The lowest BCUT2D eigenvalue weighted by Gasteiger charge is -2.39. The number of nitrogens with zero attached hydrogens (tertiary/aromatic N) is 1. The van der Waals surface area contributed by atoms with Crippen LogP contribution >= 0.6 is 0 Å². The average Bonchev–Trinajstić information content (AvgIpc) is 2.34. The van der Waals surface area contributed by atoms with Crippen LogP contribution in [0.5, 0.6) is 0 Å². The smallest absolute Gasteiger partial charge is 0.248 e. The molecule has 1 amide bonds. The van der Waals surface area contributed by atoms with Gasteiger partial charge in [0, 0.05) is 33.3 Å². The van der Waals surface area contributed by atoms with Gasteiger partial charge in [0.2, 0.25) is 5.91 Å². The summed E-state index contributed by atoms with van der Waals surface area (Å²) in [5.74, 6) is 0.0392. The summed E-state index contributed by atoms with van der Waals surface area (Å²) in [5.41, 5.74) is -0.155. The molecule has 1 N–H and O–H groups in total. The third-order valence-electron chi connectivity index (χ3n) is 3.72. The molecule has 0 radical (unpaired) electrons. The summed E-state index contributed by atoms with van der Waals surface area (Å²) < 4.78 is 11.3. The summed E-state index contributed by atoms with van der Waals surface area (Å²) in [6, 6.07) is 0. The summed E-state index contributed by atoms with van der Waals surface area (Å²) in [5, 5.41) is 3.15. The lowest BCUT2D eigenvalue weighted by atomic mass is 10.0. The first-order chi connectivity index (χ1) is 8.59. The van der Waals surface area contributed by atoms with E-state index in [1.165, 1.54) is 6.42 Å². The van der Waals surface area contributed by atoms with E-state index < -0.39 is 0 Å². The van der Waals surface area contributed by atoms with Gasteiger partial charge >= 0.3 is 0 Å². The fraction of sp³-hybridized carbons (Fsp3) is 0.923. The van der Waals surface area contributed by atoms with E-state index in [-0.39, 0.29) is 24.2 Å². The summed E-state index contributed by atoms with van der Waals surface area (Å²) in [6.45, 7) is 5.36. The van der Waals surface area contributed by atoms with Crippen LogP contribution in [0.15, 0.2) is 0 Å². The maximum absolute atomic E-state index is 11.9. The van der Waals surface area contributed by atoms with E-state index in [1.807, 2.05) is 14.0 Å². The molecule has 2 saturated heterocycles. The fourth-order valence-electron chi connectivity index (χ4n) is 2.28. The molecule has 0 saturated carbocycles. The first-order valence-electron chi connectivity index (χ1n) is 6.79. The molecule has 0 aromatic rings. The van der Waals surface area contributed by atoms with Gasteiger partial charge in [-0.05, 0) is 26.2 Å². The Hall–Kier alpha value is -0.650. The molecule has 5 heteroatoms. The highest BCUT2D eigenvalue weighted by molar-refractivity contribution is 5.77. The topological polar surface area (TPSA) is 50.8 Å². The van der Waals surface area contributed by atoms with E-state index in [0.29, 0.717) is 6.54 Å². The van der Waals surface area contributed by atoms with Crippen molar-refractivity contribution in [1.29, 1.82) is 0 Å². The molecule has 0 aliphatic carbocycles. The Kier molecular flexibility index (Phi) is 4.59. The third kappa shape index (κ3) is 3.67. The van der Waals surface area contributed by atoms with Gasteiger partial charge < -0.3 is 19.7 Å². The Bertz CT molecular complexity index is 286. The molecule has 0 bridgehead atoms. The second kappa shape index (κ2) is 5.99. The van der Waals surface area contributed by atoms with Crippen molar-refractivity contribution < 1.29 is 14.3 Å². The highest BCUT2D eigenvalue weighted by Crippen LogP contribution is 2.16. The number of likely N-dealkylation sites (N-methyl/N-ethyl adjacent to an activating group) is 1. The summed E-state index contributed by atoms with van der Waals surface area (Å²) in [6.07, 6.45) is 3.60. The predicted molar refractivity (Wildman–Crippen MR) is 68.5 cm³/mol. The van der Waals surface area contributed by atoms with Gasteiger partial charge in [-0.2, -0.15) is 0 Å². The maximum Gasteiger partial charge on any atom is 0.248 e. The normalized spacial score (nSPS) is 26.4. The largest absolute Gasteiger partial charge is 0.376 e. The number of carbonyl (C=O) groups excluding carboxylic acids is 1. The van der Waals surface area contributed by atoms with Crippen LogP contribution in [0.2, 0.25) is 0 Å². The number of hydrogen-bond acceptors (Lipinski definition) is 4. The van der Waals surface area contributed by atoms with E-state index in [2.05, 4.69) is 5.32 Å². The molecule has 2 heterocycles. The van der Waals surface area contributed by atoms with Crippen molar-refractivity contribution in [3.63, 3.8) is 0 Å². The molecule has 5 nitrogen and oxygen atoms in total. The molecule has 2 fully saturated rings. The summed E-state index contributed by atoms with van der Waals surface area (Å²) in [7, 11) is 1.82. The number of ether oxygens (including phenoxy) is 2. The Morgan fingerprint density at radius 2 is 2.28 bits per heavy atom. The monoisotopic (exact) mass is 256 g/mol. The van der Waals surface area contributed by atoms with Crippen LogP contribution in [-0.2, 0) is 14.3 Å². The quantitative estimate of drug-likeness (QED) is 0.773. The van der Waals surface area contributed by atoms with Crippen molar-refractivity contribution in [3.8, 4) is 0 Å². The van der Waals surface area contributed by atoms with Crippen LogP contribution < -0.4 is 5.32 Å². The predicted octanol–water partition coefficient (Wildman–Crippen LogP) is 0.392. The average molecular weight is 256 g/mol. The van der Waals surface area contributed by atoms with Crippen LogP contribution in [0.3, 0.4) is 0 Å². The molecule has 2 aliphatic heterocycles. The summed E-state index contributed by atoms with van der Waals surface area (Å²) in [4.78, 5) is 13.7. The van der Waals surface area contributed by atoms with Gasteiger partial charge in [-0.1, -0.05) is 0 Å². The molecule has 2 aliphatic rings. The fourth-order valence-corrected chi connectivity index (χ4v) is 2.28. The Morgan fingerprint density at radius 1 is 1.50 bits per heavy atom. The van der Waals surface area contributed by atoms with Crippen LogP contribution in [0.25, 0.3) is 0 Å². The highest BCUT2D eigenvalue weighted by atomic mass is 16.5. The van der Waals surface area contributed by atoms with Crippen molar-refractivity contribution in [2.45, 2.75) is 37.9 Å². The van der Waals surface area contributed by atoms with Gasteiger partial charge in [0.15, 0.2) is 0 Å². The lowest BCUT2D eigenvalue weighted by molar-refractivity contribution is -0.146. The zero-order valence-electron chi connectivity index (χ0n) is 11.4. The molecule has 18 heavy (non-hydrogen) atoms. The molecule has 1 unspecified atom stereocenters. The number of amides is 1. The zero-order valence-corrected chi connectivity index (χ0v) is 11.4. The SMILES string of the molecule is CN(CC1CCCCO1)C(=O)COC1(C)CNC1. The molecule has 0 aromatic heterocycles. The van der Waals surface area contributed by atoms with Crippen molar-refractivity contribution >= 4 is 5.91 Å². The molecule has 104 valence electrons. The van der Waals surface area contributed by atoms with E-state index in [1.54, 1.807) is 4.90 Å². The lowest BCUT2D eigenvalue weighted by Crippen LogP contribution is -2.59. The Balaban J connectivity index is 1.67. The molecular weight excluding hydrogens is 232 g/mol. The number of nitrogens with one attached hydrogen (secondary N) is 1. The van der Waals surface area contributed by atoms with Gasteiger partial charge in [0.05, 0.1) is 11.7 Å². The minimum atomic E-state index is -0.155. The van der Waals surface area contributed by atoms with Gasteiger partial charge in [-0.3, -0.25) is 4.79 Å². The molecular formula is C13H24N2O3. The number of carbonyl (C=O) groups is 1. The first-order valence-corrected chi connectivity index (χ1v) is 6.79. The number of hydrogen-bond donors (Lipinski definition) is 1. The first kappa shape index (κ1) is 13.8. The highest BCUT2D eigenvalue weighted by Gasteiger charge is 2.33. The van der Waals surface area contributed by atoms with E-state index in [4.69, 9.17) is 9.47 Å². The van der Waals surface area contributed by atoms with Crippen LogP contribution in [0.4, 0.5) is 0 Å². The van der Waals surface area contributed by atoms with Gasteiger partial charge in [0.1, 0.15) is 6.61 Å². The second-order valence-corrected chi connectivity index (χ2v) is 5.60. The molecule has 0 spiro atoms. The van der Waals surface area contributed by atoms with Crippen LogP contribution in [-0.4, -0.2) is 62.4 Å². The van der Waals surface area contributed by atoms with Crippen molar-refractivity contribution in [3.05, 3.63) is 0 Å². The van der Waals surface area contributed by atoms with E-state index in [0.717, 1.165) is 32.5 Å². The van der Waals surface area contributed by atoms with E-state index >= 15 is 0 Å². The van der Waals surface area contributed by atoms with Crippen molar-refractivity contribution in [2.75, 3.05) is 39.9 Å². The molecule has 2 rings (SSSR count). The van der Waals surface area contributed by atoms with E-state index in [9.17, 15) is 4.79 Å². The molecule has 1 atom stereocenters. The zero-order chi connectivity index (χ0) is 13.0. The Labute approximate surface area is 109 Å². The maximum atomic E-state index is 11.9. The molecule has 0 aromatic carbocycles. The van der Waals surface area contributed by atoms with Crippen molar-refractivity contribution in [2.24, 2.45) is 0 Å². The van der Waals surface area contributed by atoms with Gasteiger partial charge in [-0.15, -0.1) is 0 Å². The Morgan fingerprint density at radius 3 is 2.83 bits per heavy atom. The van der Waals surface area contributed by atoms with Gasteiger partial charge in [0.25, 0.3) is 0 Å². The standard InChI is InChI=1S/C13H24N2O3/c1-13(9-14-10-13)18-8-12(16)15(2)7-11-5-3-4-6-17-11/h11,14H,3-10H2,1-2H3. The van der Waals surface area contributed by atoms with Crippen molar-refractivity contribution in [1.82, 2.24) is 10.2 Å².